The van der Waals surface area contributed by atoms with E-state index in [1.807, 2.05) is 37.4 Å². The van der Waals surface area contributed by atoms with Gasteiger partial charge in [0.05, 0.1) is 5.69 Å². The van der Waals surface area contributed by atoms with Gasteiger partial charge in [0, 0.05) is 24.9 Å². The number of carbonyl (C=O) groups excluding carboxylic acids is 1. The molecular formula is C17H17N5O2. The summed E-state index contributed by atoms with van der Waals surface area (Å²) in [5.41, 5.74) is 3.09. The number of nitrogens with one attached hydrogen (secondary N) is 1. The quantitative estimate of drug-likeness (QED) is 0.779. The second-order valence-corrected chi connectivity index (χ2v) is 5.96. The zero-order valence-electron chi connectivity index (χ0n) is 13.3. The fourth-order valence-corrected chi connectivity index (χ4v) is 2.52. The van der Waals surface area contributed by atoms with Gasteiger partial charge in [-0.15, -0.1) is 10.2 Å². The van der Waals surface area contributed by atoms with Crippen LogP contribution in [-0.2, 0) is 6.54 Å². The first-order chi connectivity index (χ1) is 11.7. The molecule has 1 fully saturated rings. The van der Waals surface area contributed by atoms with Gasteiger partial charge in [-0.1, -0.05) is 6.07 Å². The maximum absolute atomic E-state index is 12.1. The van der Waals surface area contributed by atoms with Crippen molar-refractivity contribution >= 4 is 5.91 Å². The van der Waals surface area contributed by atoms with Crippen molar-refractivity contribution in [3.63, 3.8) is 0 Å². The van der Waals surface area contributed by atoms with Crippen molar-refractivity contribution in [2.24, 2.45) is 0 Å². The molecule has 0 atom stereocenters. The molecule has 1 N–H and O–H groups in total. The average molecular weight is 323 g/mol. The number of aryl methyl sites for hydroxylation is 1. The van der Waals surface area contributed by atoms with E-state index in [0.29, 0.717) is 18.4 Å². The minimum absolute atomic E-state index is 0.0303. The highest BCUT2D eigenvalue weighted by Gasteiger charge is 2.30. The van der Waals surface area contributed by atoms with Gasteiger partial charge >= 0.3 is 11.8 Å². The van der Waals surface area contributed by atoms with Crippen molar-refractivity contribution in [2.45, 2.75) is 32.2 Å². The monoisotopic (exact) mass is 323 g/mol. The fourth-order valence-electron chi connectivity index (χ4n) is 2.52. The predicted octanol–water partition coefficient (Wildman–Crippen LogP) is 2.37. The third kappa shape index (κ3) is 2.92. The van der Waals surface area contributed by atoms with Crippen LogP contribution < -0.4 is 5.32 Å². The van der Waals surface area contributed by atoms with E-state index in [1.165, 1.54) is 0 Å². The van der Waals surface area contributed by atoms with Crippen molar-refractivity contribution < 1.29 is 9.21 Å². The Morgan fingerprint density at radius 2 is 2.25 bits per heavy atom. The number of amides is 1. The lowest BCUT2D eigenvalue weighted by Gasteiger charge is -2.09. The average Bonchev–Trinajstić information content (AvgIpc) is 3.10. The third-order valence-electron chi connectivity index (χ3n) is 4.10. The van der Waals surface area contributed by atoms with Crippen LogP contribution in [0.15, 0.2) is 41.1 Å². The molecule has 1 saturated carbocycles. The SMILES string of the molecule is Cc1cc(-n2cccn2)ccc1CNC(=O)c1nnc(C2CC2)o1. The number of aromatic nitrogens is 4. The number of benzene rings is 1. The first kappa shape index (κ1) is 14.6. The Balaban J connectivity index is 1.42. The van der Waals surface area contributed by atoms with Crippen molar-refractivity contribution in [1.82, 2.24) is 25.3 Å². The van der Waals surface area contributed by atoms with Crippen LogP contribution in [0.4, 0.5) is 0 Å². The lowest BCUT2D eigenvalue weighted by atomic mass is 10.1. The minimum Gasteiger partial charge on any atom is -0.417 e. The molecule has 122 valence electrons. The van der Waals surface area contributed by atoms with Crippen LogP contribution >= 0.6 is 0 Å². The number of carbonyl (C=O) groups is 1. The van der Waals surface area contributed by atoms with Crippen LogP contribution in [-0.4, -0.2) is 25.9 Å². The van der Waals surface area contributed by atoms with Crippen molar-refractivity contribution in [3.05, 3.63) is 59.6 Å². The van der Waals surface area contributed by atoms with E-state index in [1.54, 1.807) is 10.9 Å². The third-order valence-corrected chi connectivity index (χ3v) is 4.10. The molecule has 7 nitrogen and oxygen atoms in total. The zero-order chi connectivity index (χ0) is 16.5. The highest BCUT2D eigenvalue weighted by atomic mass is 16.4. The van der Waals surface area contributed by atoms with Gasteiger partial charge in [-0.2, -0.15) is 5.10 Å². The molecule has 0 aliphatic heterocycles. The molecule has 0 unspecified atom stereocenters. The van der Waals surface area contributed by atoms with Gasteiger partial charge in [0.25, 0.3) is 0 Å². The van der Waals surface area contributed by atoms with Crippen LogP contribution in [0.25, 0.3) is 5.69 Å². The highest BCUT2D eigenvalue weighted by Crippen LogP contribution is 2.38. The molecule has 1 aromatic carbocycles. The zero-order valence-corrected chi connectivity index (χ0v) is 13.3. The van der Waals surface area contributed by atoms with E-state index < -0.39 is 0 Å². The molecule has 1 aliphatic rings. The maximum atomic E-state index is 12.1. The first-order valence-electron chi connectivity index (χ1n) is 7.92. The van der Waals surface area contributed by atoms with Gasteiger partial charge in [0.1, 0.15) is 0 Å². The Morgan fingerprint density at radius 1 is 1.38 bits per heavy atom. The van der Waals surface area contributed by atoms with Gasteiger partial charge in [0.2, 0.25) is 5.89 Å². The summed E-state index contributed by atoms with van der Waals surface area (Å²) in [6.07, 6.45) is 5.75. The lowest BCUT2D eigenvalue weighted by Crippen LogP contribution is -2.23. The molecule has 2 aromatic heterocycles. The summed E-state index contributed by atoms with van der Waals surface area (Å²) in [7, 11) is 0. The molecule has 0 spiro atoms. The Bertz CT molecular complexity index is 865. The van der Waals surface area contributed by atoms with E-state index in [0.717, 1.165) is 29.7 Å². The first-order valence-corrected chi connectivity index (χ1v) is 7.92. The van der Waals surface area contributed by atoms with Gasteiger partial charge < -0.3 is 9.73 Å². The molecule has 24 heavy (non-hydrogen) atoms. The lowest BCUT2D eigenvalue weighted by molar-refractivity contribution is 0.0914. The molecule has 2 heterocycles. The second kappa shape index (κ2) is 5.92. The van der Waals surface area contributed by atoms with Gasteiger partial charge in [0.15, 0.2) is 0 Å². The molecule has 0 saturated heterocycles. The summed E-state index contributed by atoms with van der Waals surface area (Å²) >= 11 is 0. The number of nitrogens with zero attached hydrogens (tertiary/aromatic N) is 4. The van der Waals surface area contributed by atoms with E-state index in [9.17, 15) is 4.79 Å². The van der Waals surface area contributed by atoms with Gasteiger partial charge in [-0.25, -0.2) is 4.68 Å². The van der Waals surface area contributed by atoms with Crippen LogP contribution in [0, 0.1) is 6.92 Å². The summed E-state index contributed by atoms with van der Waals surface area (Å²) in [5, 5.41) is 14.8. The standard InChI is InChI=1S/C17H17N5O2/c1-11-9-14(22-8-2-7-19-22)6-5-13(11)10-18-15(23)17-21-20-16(24-17)12-3-4-12/h2,5-9,12H,3-4,10H2,1H3,(H,18,23). The second-order valence-electron chi connectivity index (χ2n) is 5.96. The fraction of sp³-hybridized carbons (Fsp3) is 0.294. The summed E-state index contributed by atoms with van der Waals surface area (Å²) in [6, 6.07) is 7.87. The largest absolute Gasteiger partial charge is 0.417 e. The topological polar surface area (TPSA) is 85.8 Å². The van der Waals surface area contributed by atoms with Crippen LogP contribution in [0.2, 0.25) is 0 Å². The van der Waals surface area contributed by atoms with Gasteiger partial charge in [-0.05, 0) is 49.1 Å². The van der Waals surface area contributed by atoms with Gasteiger partial charge in [-0.3, -0.25) is 4.79 Å². The maximum Gasteiger partial charge on any atom is 0.309 e. The smallest absolute Gasteiger partial charge is 0.309 e. The summed E-state index contributed by atoms with van der Waals surface area (Å²) in [6.45, 7) is 2.41. The Hall–Kier alpha value is -2.96. The summed E-state index contributed by atoms with van der Waals surface area (Å²) in [4.78, 5) is 12.1. The summed E-state index contributed by atoms with van der Waals surface area (Å²) < 4.78 is 7.21. The van der Waals surface area contributed by atoms with E-state index >= 15 is 0 Å². The molecule has 3 aromatic rings. The molecule has 0 radical (unpaired) electrons. The van der Waals surface area contributed by atoms with Crippen molar-refractivity contribution in [3.8, 4) is 5.69 Å². The number of hydrogen-bond acceptors (Lipinski definition) is 5. The predicted molar refractivity (Wildman–Crippen MR) is 85.7 cm³/mol. The number of hydrogen-bond donors (Lipinski definition) is 1. The van der Waals surface area contributed by atoms with E-state index in [4.69, 9.17) is 4.42 Å². The van der Waals surface area contributed by atoms with E-state index in [2.05, 4.69) is 20.6 Å². The molecule has 4 rings (SSSR count). The Labute approximate surface area is 138 Å². The van der Waals surface area contributed by atoms with Crippen LogP contribution in [0.5, 0.6) is 0 Å². The van der Waals surface area contributed by atoms with Crippen LogP contribution in [0.1, 0.15) is 46.5 Å². The molecular weight excluding hydrogens is 306 g/mol. The molecule has 0 bridgehead atoms. The van der Waals surface area contributed by atoms with Crippen molar-refractivity contribution in [2.75, 3.05) is 0 Å². The molecule has 7 heteroatoms. The van der Waals surface area contributed by atoms with Crippen molar-refractivity contribution in [1.29, 1.82) is 0 Å². The summed E-state index contributed by atoms with van der Waals surface area (Å²) in [5.74, 6) is 0.601. The van der Waals surface area contributed by atoms with Crippen LogP contribution in [0.3, 0.4) is 0 Å². The molecule has 1 amide bonds. The Morgan fingerprint density at radius 3 is 2.96 bits per heavy atom. The Kier molecular flexibility index (Phi) is 3.60. The molecule has 1 aliphatic carbocycles. The highest BCUT2D eigenvalue weighted by molar-refractivity contribution is 5.89. The minimum atomic E-state index is -0.343. The van der Waals surface area contributed by atoms with E-state index in [-0.39, 0.29) is 11.8 Å². The normalized spacial score (nSPS) is 13.9. The number of rotatable bonds is 5.